The number of nitrogens with one attached hydrogen (secondary N) is 1. The van der Waals surface area contributed by atoms with Gasteiger partial charge < -0.3 is 25.0 Å². The molecule has 5 aromatic carbocycles. The van der Waals surface area contributed by atoms with Crippen LogP contribution >= 0.6 is 12.4 Å². The van der Waals surface area contributed by atoms with Crippen LogP contribution in [0.1, 0.15) is 39.7 Å². The number of nitrogens with zero attached hydrogens (tertiary/aromatic N) is 1. The van der Waals surface area contributed by atoms with Crippen LogP contribution in [-0.4, -0.2) is 66.7 Å². The van der Waals surface area contributed by atoms with Crippen LogP contribution in [0.25, 0.3) is 0 Å². The zero-order valence-electron chi connectivity index (χ0n) is 28.9. The van der Waals surface area contributed by atoms with Gasteiger partial charge in [-0.15, -0.1) is 12.4 Å². The van der Waals surface area contributed by atoms with Crippen molar-refractivity contribution in [3.05, 3.63) is 179 Å². The van der Waals surface area contributed by atoms with Crippen molar-refractivity contribution in [1.82, 2.24) is 10.2 Å². The van der Waals surface area contributed by atoms with Crippen molar-refractivity contribution in [1.29, 1.82) is 0 Å². The second-order valence-corrected chi connectivity index (χ2v) is 13.5. The summed E-state index contributed by atoms with van der Waals surface area (Å²) < 4.78 is 46.1. The zero-order valence-corrected chi connectivity index (χ0v) is 29.7. The molecule has 5 aromatic rings. The van der Waals surface area contributed by atoms with Crippen LogP contribution in [0.4, 0.5) is 8.78 Å². The highest BCUT2D eigenvalue weighted by atomic mass is 35.5. The summed E-state index contributed by atoms with van der Waals surface area (Å²) in [6, 6.07) is 40.7. The molecule has 0 bridgehead atoms. The third kappa shape index (κ3) is 7.43. The Morgan fingerprint density at radius 2 is 1.10 bits per heavy atom. The molecule has 2 aliphatic rings. The molecule has 272 valence electrons. The number of hydrogen-bond acceptors (Lipinski definition) is 6. The Hall–Kier alpha value is -3.99. The van der Waals surface area contributed by atoms with E-state index in [4.69, 9.17) is 9.47 Å². The van der Waals surface area contributed by atoms with Crippen molar-refractivity contribution in [3.8, 4) is 0 Å². The van der Waals surface area contributed by atoms with Crippen LogP contribution in [0.15, 0.2) is 140 Å². The normalized spacial score (nSPS) is 21.5. The van der Waals surface area contributed by atoms with E-state index in [9.17, 15) is 10.2 Å². The molecule has 7 rings (SSSR count). The van der Waals surface area contributed by atoms with Crippen LogP contribution in [0, 0.1) is 11.6 Å². The molecule has 9 heteroatoms. The fraction of sp³-hybridized carbons (Fsp3) is 0.302. The van der Waals surface area contributed by atoms with Crippen molar-refractivity contribution in [2.75, 3.05) is 39.4 Å². The van der Waals surface area contributed by atoms with Gasteiger partial charge in [0.05, 0.1) is 13.2 Å². The monoisotopic (exact) mass is 726 g/mol. The van der Waals surface area contributed by atoms with Crippen molar-refractivity contribution >= 4 is 12.4 Å². The SMILES string of the molecule is Cl.OC(c1ccccc1)(C1CN(Cc2ccccc2)CCO1)C(c1ccccc1F)C(c1ccccc1F)[C@](O)(c1ccccc1)[C@H]1CNCCO1. The molecule has 2 aliphatic heterocycles. The fourth-order valence-corrected chi connectivity index (χ4v) is 8.14. The Bertz CT molecular complexity index is 1870. The zero-order chi connectivity index (χ0) is 35.3. The summed E-state index contributed by atoms with van der Waals surface area (Å²) in [5.74, 6) is -3.77. The molecular formula is C43H45ClF2N2O4. The van der Waals surface area contributed by atoms with Gasteiger partial charge >= 0.3 is 0 Å². The Morgan fingerprint density at radius 1 is 0.635 bits per heavy atom. The number of ether oxygens (including phenoxy) is 2. The standard InChI is InChI=1S/C43H44F2N2O4.ClH/c44-36-22-12-10-20-34(36)40(42(48,32-16-6-2-7-17-32)38-28-46-24-26-50-38)41(35-21-11-13-23-37(35)45)43(49,33-18-8-3-9-19-33)39-30-47(25-27-51-39)29-31-14-4-1-5-15-31;/h1-23,38-41,46,48-49H,24-30H2;1H/t38-,39?,40?,41?,42+,43?;/m1./s1. The molecule has 2 saturated heterocycles. The van der Waals surface area contributed by atoms with Crippen molar-refractivity contribution < 1.29 is 28.5 Å². The Balaban J connectivity index is 0.00000464. The molecule has 0 aliphatic carbocycles. The fourth-order valence-electron chi connectivity index (χ4n) is 8.14. The van der Waals surface area contributed by atoms with E-state index in [1.54, 1.807) is 60.7 Å². The predicted molar refractivity (Wildman–Crippen MR) is 200 cm³/mol. The van der Waals surface area contributed by atoms with E-state index in [1.807, 2.05) is 54.6 Å². The molecule has 0 amide bonds. The molecule has 2 fully saturated rings. The number of aliphatic hydroxyl groups is 2. The number of hydrogen-bond donors (Lipinski definition) is 3. The van der Waals surface area contributed by atoms with E-state index < -0.39 is 46.9 Å². The molecule has 2 heterocycles. The van der Waals surface area contributed by atoms with Gasteiger partial charge in [0.2, 0.25) is 0 Å². The largest absolute Gasteiger partial charge is 0.382 e. The van der Waals surface area contributed by atoms with Gasteiger partial charge in [0.25, 0.3) is 0 Å². The van der Waals surface area contributed by atoms with Crippen LogP contribution in [0.3, 0.4) is 0 Å². The van der Waals surface area contributed by atoms with Gasteiger partial charge in [-0.2, -0.15) is 0 Å². The van der Waals surface area contributed by atoms with E-state index in [0.717, 1.165) is 5.56 Å². The Kier molecular flexibility index (Phi) is 12.2. The minimum atomic E-state index is -2.00. The number of morpholine rings is 2. The molecule has 3 N–H and O–H groups in total. The molecule has 4 unspecified atom stereocenters. The molecule has 6 atom stereocenters. The van der Waals surface area contributed by atoms with Gasteiger partial charge in [-0.3, -0.25) is 4.90 Å². The first-order chi connectivity index (χ1) is 24.9. The average Bonchev–Trinajstić information content (AvgIpc) is 3.19. The maximum atomic E-state index is 16.6. The lowest BCUT2D eigenvalue weighted by Crippen LogP contribution is -2.61. The summed E-state index contributed by atoms with van der Waals surface area (Å²) in [6.07, 6.45) is -1.81. The molecule has 0 aromatic heterocycles. The first kappa shape index (κ1) is 37.8. The van der Waals surface area contributed by atoms with Crippen molar-refractivity contribution in [2.45, 2.75) is 41.8 Å². The summed E-state index contributed by atoms with van der Waals surface area (Å²) in [6.45, 7) is 2.95. The van der Waals surface area contributed by atoms with Crippen LogP contribution < -0.4 is 5.32 Å². The Labute approximate surface area is 310 Å². The number of rotatable bonds is 11. The highest BCUT2D eigenvalue weighted by Crippen LogP contribution is 2.57. The maximum Gasteiger partial charge on any atom is 0.126 e. The second-order valence-electron chi connectivity index (χ2n) is 13.5. The van der Waals surface area contributed by atoms with E-state index in [1.165, 1.54) is 12.1 Å². The summed E-state index contributed by atoms with van der Waals surface area (Å²) in [7, 11) is 0. The summed E-state index contributed by atoms with van der Waals surface area (Å²) in [5, 5.41) is 30.8. The first-order valence-corrected chi connectivity index (χ1v) is 17.7. The molecule has 0 radical (unpaired) electrons. The highest BCUT2D eigenvalue weighted by molar-refractivity contribution is 5.85. The van der Waals surface area contributed by atoms with Crippen molar-refractivity contribution in [2.24, 2.45) is 0 Å². The first-order valence-electron chi connectivity index (χ1n) is 17.7. The number of halogens is 3. The lowest BCUT2D eigenvalue weighted by Gasteiger charge is -2.53. The molecular weight excluding hydrogens is 682 g/mol. The number of benzene rings is 5. The third-order valence-corrected chi connectivity index (χ3v) is 10.5. The quantitative estimate of drug-likeness (QED) is 0.137. The van der Waals surface area contributed by atoms with Crippen LogP contribution in [0.2, 0.25) is 0 Å². The molecule has 6 nitrogen and oxygen atoms in total. The van der Waals surface area contributed by atoms with Gasteiger partial charge in [-0.05, 0) is 39.9 Å². The molecule has 0 spiro atoms. The van der Waals surface area contributed by atoms with E-state index >= 15 is 8.78 Å². The topological polar surface area (TPSA) is 74.2 Å². The minimum absolute atomic E-state index is 0. The van der Waals surface area contributed by atoms with Gasteiger partial charge in [0.15, 0.2) is 0 Å². The van der Waals surface area contributed by atoms with E-state index in [2.05, 4.69) is 22.3 Å². The van der Waals surface area contributed by atoms with E-state index in [0.29, 0.717) is 50.5 Å². The highest BCUT2D eigenvalue weighted by Gasteiger charge is 2.60. The van der Waals surface area contributed by atoms with Crippen LogP contribution in [0.5, 0.6) is 0 Å². The molecule has 52 heavy (non-hydrogen) atoms. The Morgan fingerprint density at radius 3 is 1.60 bits per heavy atom. The third-order valence-electron chi connectivity index (χ3n) is 10.5. The lowest BCUT2D eigenvalue weighted by molar-refractivity contribution is -0.192. The molecule has 0 saturated carbocycles. The predicted octanol–water partition coefficient (Wildman–Crippen LogP) is 6.92. The van der Waals surface area contributed by atoms with Gasteiger partial charge in [0, 0.05) is 44.6 Å². The van der Waals surface area contributed by atoms with E-state index in [-0.39, 0.29) is 30.1 Å². The average molecular weight is 727 g/mol. The van der Waals surface area contributed by atoms with Gasteiger partial charge in [-0.1, -0.05) is 127 Å². The van der Waals surface area contributed by atoms with Gasteiger partial charge in [0.1, 0.15) is 35.0 Å². The minimum Gasteiger partial charge on any atom is -0.382 e. The maximum absolute atomic E-state index is 16.6. The van der Waals surface area contributed by atoms with Crippen molar-refractivity contribution in [3.63, 3.8) is 0 Å². The summed E-state index contributed by atoms with van der Waals surface area (Å²) in [5.41, 5.74) is -1.71. The summed E-state index contributed by atoms with van der Waals surface area (Å²) in [4.78, 5) is 2.21. The van der Waals surface area contributed by atoms with Crippen LogP contribution in [-0.2, 0) is 27.2 Å². The smallest absolute Gasteiger partial charge is 0.126 e. The van der Waals surface area contributed by atoms with Gasteiger partial charge in [-0.25, -0.2) is 8.78 Å². The lowest BCUT2D eigenvalue weighted by atomic mass is 9.58. The second kappa shape index (κ2) is 16.8. The summed E-state index contributed by atoms with van der Waals surface area (Å²) >= 11 is 0.